The lowest BCUT2D eigenvalue weighted by atomic mass is 9.69. The number of rotatable bonds is 7. The summed E-state index contributed by atoms with van der Waals surface area (Å²) in [7, 11) is -0.612. The zero-order valence-electron chi connectivity index (χ0n) is 26.8. The highest BCUT2D eigenvalue weighted by molar-refractivity contribution is 6.74. The van der Waals surface area contributed by atoms with Crippen molar-refractivity contribution in [1.29, 1.82) is 0 Å². The van der Waals surface area contributed by atoms with Gasteiger partial charge in [0, 0.05) is 23.9 Å². The van der Waals surface area contributed by atoms with Crippen molar-refractivity contribution < 1.29 is 27.1 Å². The third-order valence-electron chi connectivity index (χ3n) is 9.78. The van der Waals surface area contributed by atoms with Crippen molar-refractivity contribution in [3.63, 3.8) is 0 Å². The Bertz CT molecular complexity index is 1290. The molecule has 2 aromatic rings. The van der Waals surface area contributed by atoms with Gasteiger partial charge >= 0.3 is 6.18 Å². The van der Waals surface area contributed by atoms with E-state index < -0.39 is 26.2 Å². The van der Waals surface area contributed by atoms with Crippen molar-refractivity contribution in [3.8, 4) is 0 Å². The molecule has 2 atom stereocenters. The fraction of sp³-hybridized carbons (Fsp3) is 0.647. The minimum Gasteiger partial charge on any atom is -0.410 e. The molecular weight excluding hydrogens is 555 g/mol. The van der Waals surface area contributed by atoms with Crippen LogP contribution in [0.4, 0.5) is 13.2 Å². The number of halogens is 3. The van der Waals surface area contributed by atoms with E-state index in [2.05, 4.69) is 47.7 Å². The number of pyridine rings is 1. The van der Waals surface area contributed by atoms with E-state index in [1.165, 1.54) is 12.1 Å². The van der Waals surface area contributed by atoms with E-state index in [9.17, 15) is 18.0 Å². The number of hydrogen-bond donors (Lipinski definition) is 0. The van der Waals surface area contributed by atoms with Gasteiger partial charge in [-0.15, -0.1) is 0 Å². The van der Waals surface area contributed by atoms with E-state index in [1.54, 1.807) is 7.11 Å². The van der Waals surface area contributed by atoms with Gasteiger partial charge in [0.25, 0.3) is 0 Å². The molecule has 0 aliphatic heterocycles. The predicted octanol–water partition coefficient (Wildman–Crippen LogP) is 10.1. The zero-order valence-corrected chi connectivity index (χ0v) is 27.8. The van der Waals surface area contributed by atoms with Crippen LogP contribution in [0.15, 0.2) is 24.3 Å². The third kappa shape index (κ3) is 6.70. The molecule has 0 spiro atoms. The van der Waals surface area contributed by atoms with Gasteiger partial charge in [0.05, 0.1) is 29.0 Å². The Labute approximate surface area is 250 Å². The van der Waals surface area contributed by atoms with Crippen molar-refractivity contribution in [2.75, 3.05) is 7.11 Å². The summed E-state index contributed by atoms with van der Waals surface area (Å²) < 4.78 is 53.0. The van der Waals surface area contributed by atoms with Crippen molar-refractivity contribution in [3.05, 3.63) is 63.5 Å². The number of nitrogens with zero attached hydrogens (tertiary/aromatic N) is 1. The molecule has 2 aliphatic carbocycles. The summed E-state index contributed by atoms with van der Waals surface area (Å²) in [5.74, 6) is -0.146. The topological polar surface area (TPSA) is 48.4 Å². The van der Waals surface area contributed by atoms with E-state index in [-0.39, 0.29) is 33.8 Å². The number of hydrogen-bond acceptors (Lipinski definition) is 4. The number of ketones is 1. The van der Waals surface area contributed by atoms with Crippen LogP contribution in [0, 0.1) is 5.41 Å². The molecule has 0 N–H and O–H groups in total. The van der Waals surface area contributed by atoms with E-state index in [4.69, 9.17) is 14.1 Å². The normalized spacial score (nSPS) is 20.7. The highest BCUT2D eigenvalue weighted by atomic mass is 28.4. The fourth-order valence-electron chi connectivity index (χ4n) is 6.36. The van der Waals surface area contributed by atoms with Crippen molar-refractivity contribution in [2.45, 2.75) is 129 Å². The fourth-order valence-corrected chi connectivity index (χ4v) is 7.63. The van der Waals surface area contributed by atoms with Gasteiger partial charge in [-0.05, 0) is 79.8 Å². The van der Waals surface area contributed by atoms with Gasteiger partial charge in [-0.3, -0.25) is 9.78 Å². The molecule has 1 fully saturated rings. The van der Waals surface area contributed by atoms with Gasteiger partial charge < -0.3 is 9.16 Å². The van der Waals surface area contributed by atoms with Crippen molar-refractivity contribution >= 4 is 14.1 Å². The first-order valence-electron chi connectivity index (χ1n) is 15.4. The lowest BCUT2D eigenvalue weighted by molar-refractivity contribution is -0.137. The highest BCUT2D eigenvalue weighted by Crippen LogP contribution is 2.52. The summed E-state index contributed by atoms with van der Waals surface area (Å²) in [5.41, 5.74) is 3.50. The summed E-state index contributed by atoms with van der Waals surface area (Å²) >= 11 is 0. The number of carbonyl (C=O) groups excluding carboxylic acids is 1. The molecule has 4 nitrogen and oxygen atoms in total. The van der Waals surface area contributed by atoms with Crippen LogP contribution < -0.4 is 0 Å². The second kappa shape index (κ2) is 11.8. The SMILES string of the molecule is COC(C)c1nc2c(c(C3CCCCC3)c1C(=O)c1ccc(C(F)(F)F)cc1)[C@@H](O[Si](C)(C)C(C)(C)C)CC(C)(C)C2. The first kappa shape index (κ1) is 32.9. The van der Waals surface area contributed by atoms with Gasteiger partial charge in [0.1, 0.15) is 0 Å². The molecule has 1 aromatic carbocycles. The number of benzene rings is 1. The first-order valence-corrected chi connectivity index (χ1v) is 18.3. The Kier molecular flexibility index (Phi) is 9.24. The zero-order chi connectivity index (χ0) is 31.3. The molecule has 1 aromatic heterocycles. The molecule has 0 radical (unpaired) electrons. The smallest absolute Gasteiger partial charge is 0.410 e. The summed E-state index contributed by atoms with van der Waals surface area (Å²) in [6, 6.07) is 4.57. The van der Waals surface area contributed by atoms with E-state index in [0.717, 1.165) is 73.9 Å². The summed E-state index contributed by atoms with van der Waals surface area (Å²) in [4.78, 5) is 19.7. The second-order valence-corrected chi connectivity index (χ2v) is 19.4. The summed E-state index contributed by atoms with van der Waals surface area (Å²) in [6.45, 7) is 17.6. The average molecular weight is 604 g/mol. The van der Waals surface area contributed by atoms with Gasteiger partial charge in [-0.2, -0.15) is 13.2 Å². The maximum Gasteiger partial charge on any atom is 0.416 e. The Hall–Kier alpha value is -2.03. The molecule has 1 saturated carbocycles. The van der Waals surface area contributed by atoms with E-state index >= 15 is 0 Å². The monoisotopic (exact) mass is 603 g/mol. The number of methoxy groups -OCH3 is 1. The van der Waals surface area contributed by atoms with Crippen LogP contribution in [-0.2, 0) is 21.8 Å². The van der Waals surface area contributed by atoms with Crippen LogP contribution in [0.3, 0.4) is 0 Å². The Balaban J connectivity index is 2.01. The van der Waals surface area contributed by atoms with Crippen LogP contribution in [0.2, 0.25) is 18.1 Å². The predicted molar refractivity (Wildman–Crippen MR) is 163 cm³/mol. The molecular formula is C34H48F3NO3Si. The van der Waals surface area contributed by atoms with Crippen LogP contribution in [0.1, 0.15) is 142 Å². The highest BCUT2D eigenvalue weighted by Gasteiger charge is 2.46. The molecule has 8 heteroatoms. The van der Waals surface area contributed by atoms with Gasteiger partial charge in [0.15, 0.2) is 14.1 Å². The van der Waals surface area contributed by atoms with Crippen molar-refractivity contribution in [2.24, 2.45) is 5.41 Å². The third-order valence-corrected chi connectivity index (χ3v) is 14.3. The van der Waals surface area contributed by atoms with Crippen LogP contribution in [-0.4, -0.2) is 26.2 Å². The molecule has 0 amide bonds. The molecule has 1 unspecified atom stereocenters. The molecule has 1 heterocycles. The lowest BCUT2D eigenvalue weighted by Gasteiger charge is -2.45. The molecule has 0 bridgehead atoms. The average Bonchev–Trinajstić information content (AvgIpc) is 2.89. The number of aromatic nitrogens is 1. The lowest BCUT2D eigenvalue weighted by Crippen LogP contribution is -2.44. The molecule has 2 aliphatic rings. The first-order chi connectivity index (χ1) is 19.4. The van der Waals surface area contributed by atoms with E-state index in [0.29, 0.717) is 11.3 Å². The van der Waals surface area contributed by atoms with Gasteiger partial charge in [-0.25, -0.2) is 0 Å². The quantitative estimate of drug-likeness (QED) is 0.233. The molecule has 4 rings (SSSR count). The van der Waals surface area contributed by atoms with Gasteiger partial charge in [0.2, 0.25) is 0 Å². The number of fused-ring (bicyclic) bond motifs is 1. The Morgan fingerprint density at radius 2 is 1.62 bits per heavy atom. The minimum atomic E-state index is -4.47. The minimum absolute atomic E-state index is 0.00341. The number of alkyl halides is 3. The Morgan fingerprint density at radius 3 is 2.14 bits per heavy atom. The molecule has 232 valence electrons. The van der Waals surface area contributed by atoms with Crippen molar-refractivity contribution in [1.82, 2.24) is 4.98 Å². The molecule has 0 saturated heterocycles. The largest absolute Gasteiger partial charge is 0.416 e. The summed E-state index contributed by atoms with van der Waals surface area (Å²) in [5, 5.41) is -0.00341. The maximum absolute atomic E-state index is 14.5. The van der Waals surface area contributed by atoms with Crippen LogP contribution in [0.5, 0.6) is 0 Å². The maximum atomic E-state index is 14.5. The van der Waals surface area contributed by atoms with Crippen LogP contribution >= 0.6 is 0 Å². The number of ether oxygens (including phenoxy) is 1. The second-order valence-electron chi connectivity index (χ2n) is 14.7. The van der Waals surface area contributed by atoms with Gasteiger partial charge in [-0.1, -0.05) is 66.0 Å². The molecule has 42 heavy (non-hydrogen) atoms. The Morgan fingerprint density at radius 1 is 1.02 bits per heavy atom. The summed E-state index contributed by atoms with van der Waals surface area (Å²) in [6.07, 6.45) is 1.66. The standard InChI is InChI=1S/C34H48F3NO3Si/c1-21(40-7)30-29(31(39)23-15-17-24(18-16-23)34(35,36)37)27(22-13-11-10-12-14-22)28-25(38-30)19-33(5,6)20-26(28)41-42(8,9)32(2,3)4/h15-18,21-22,26H,10-14,19-20H2,1-9H3/t21?,26-/m0/s1. The number of carbonyl (C=O) groups is 1. The van der Waals surface area contributed by atoms with Crippen LogP contribution in [0.25, 0.3) is 0 Å². The van der Waals surface area contributed by atoms with E-state index in [1.807, 2.05) is 6.92 Å².